The number of aldehydes is 1. The molecular formula is C7H8OS2. The monoisotopic (exact) mass is 172 g/mol. The van der Waals surface area contributed by atoms with Crippen LogP contribution in [0.3, 0.4) is 0 Å². The molecular weight excluding hydrogens is 164 g/mol. The van der Waals surface area contributed by atoms with E-state index in [9.17, 15) is 4.79 Å². The fourth-order valence-corrected chi connectivity index (χ4v) is 1.92. The molecule has 0 atom stereocenters. The molecule has 0 fully saturated rings. The molecule has 0 saturated heterocycles. The van der Waals surface area contributed by atoms with Crippen molar-refractivity contribution in [3.05, 3.63) is 21.9 Å². The summed E-state index contributed by atoms with van der Waals surface area (Å²) in [4.78, 5) is 12.3. The van der Waals surface area contributed by atoms with Gasteiger partial charge in [-0.2, -0.15) is 12.6 Å². The number of aryl methyl sites for hydroxylation is 1. The highest BCUT2D eigenvalue weighted by Gasteiger charge is 1.96. The van der Waals surface area contributed by atoms with Crippen LogP contribution in [0.1, 0.15) is 14.5 Å². The second-order valence-electron chi connectivity index (χ2n) is 1.90. The van der Waals surface area contributed by atoms with E-state index in [1.54, 1.807) is 11.3 Å². The van der Waals surface area contributed by atoms with E-state index >= 15 is 0 Å². The van der Waals surface area contributed by atoms with Crippen LogP contribution in [0.15, 0.2) is 12.1 Å². The van der Waals surface area contributed by atoms with E-state index in [2.05, 4.69) is 12.6 Å². The minimum atomic E-state index is 0.803. The van der Waals surface area contributed by atoms with E-state index in [0.717, 1.165) is 23.3 Å². The molecule has 0 radical (unpaired) electrons. The van der Waals surface area contributed by atoms with Gasteiger partial charge in [0.15, 0.2) is 6.29 Å². The summed E-state index contributed by atoms with van der Waals surface area (Å²) >= 11 is 5.63. The number of carbonyl (C=O) groups excluding carboxylic acids is 1. The highest BCUT2D eigenvalue weighted by atomic mass is 32.1. The number of hydrogen-bond donors (Lipinski definition) is 1. The van der Waals surface area contributed by atoms with Crippen LogP contribution in [-0.4, -0.2) is 12.0 Å². The lowest BCUT2D eigenvalue weighted by Gasteiger charge is -1.86. The molecule has 54 valence electrons. The molecule has 0 aliphatic carbocycles. The first kappa shape index (κ1) is 7.82. The molecule has 3 heteroatoms. The lowest BCUT2D eigenvalue weighted by molar-refractivity contribution is 0.112. The summed E-state index contributed by atoms with van der Waals surface area (Å²) in [6, 6.07) is 3.82. The molecule has 0 bridgehead atoms. The van der Waals surface area contributed by atoms with Crippen molar-refractivity contribution in [3.63, 3.8) is 0 Å². The average Bonchev–Trinajstić information content (AvgIpc) is 2.37. The number of hydrogen-bond acceptors (Lipinski definition) is 3. The first-order valence-electron chi connectivity index (χ1n) is 3.01. The Morgan fingerprint density at radius 2 is 2.40 bits per heavy atom. The Labute approximate surface area is 69.5 Å². The van der Waals surface area contributed by atoms with Crippen LogP contribution in [0.2, 0.25) is 0 Å². The Kier molecular flexibility index (Phi) is 2.96. The lowest BCUT2D eigenvalue weighted by atomic mass is 10.4. The third-order valence-corrected chi connectivity index (χ3v) is 2.45. The molecule has 1 heterocycles. The number of carbonyl (C=O) groups is 1. The Balaban J connectivity index is 2.68. The molecule has 0 aliphatic heterocycles. The summed E-state index contributed by atoms with van der Waals surface area (Å²) in [6.45, 7) is 0. The van der Waals surface area contributed by atoms with E-state index in [0.29, 0.717) is 0 Å². The van der Waals surface area contributed by atoms with E-state index in [1.807, 2.05) is 12.1 Å². The number of thiophene rings is 1. The molecule has 10 heavy (non-hydrogen) atoms. The summed E-state index contributed by atoms with van der Waals surface area (Å²) < 4.78 is 0. The minimum Gasteiger partial charge on any atom is -0.297 e. The molecule has 1 rings (SSSR count). The average molecular weight is 172 g/mol. The molecule has 0 aromatic carbocycles. The zero-order valence-electron chi connectivity index (χ0n) is 5.41. The van der Waals surface area contributed by atoms with Crippen molar-refractivity contribution in [1.29, 1.82) is 0 Å². The fraction of sp³-hybridized carbons (Fsp3) is 0.286. The highest BCUT2D eigenvalue weighted by Crippen LogP contribution is 2.14. The predicted octanol–water partition coefficient (Wildman–Crippen LogP) is 2.03. The Bertz CT molecular complexity index is 217. The molecule has 0 aliphatic rings. The van der Waals surface area contributed by atoms with Gasteiger partial charge in [-0.3, -0.25) is 4.79 Å². The number of rotatable bonds is 3. The van der Waals surface area contributed by atoms with Gasteiger partial charge in [0.05, 0.1) is 4.88 Å². The van der Waals surface area contributed by atoms with E-state index in [1.165, 1.54) is 4.88 Å². The van der Waals surface area contributed by atoms with Crippen LogP contribution in [0.25, 0.3) is 0 Å². The molecule has 0 saturated carbocycles. The molecule has 0 N–H and O–H groups in total. The van der Waals surface area contributed by atoms with Gasteiger partial charge in [-0.15, -0.1) is 11.3 Å². The fourth-order valence-electron chi connectivity index (χ4n) is 0.702. The van der Waals surface area contributed by atoms with Gasteiger partial charge in [0.2, 0.25) is 0 Å². The Morgan fingerprint density at radius 3 is 2.90 bits per heavy atom. The predicted molar refractivity (Wildman–Crippen MR) is 47.3 cm³/mol. The minimum absolute atomic E-state index is 0.803. The van der Waals surface area contributed by atoms with Crippen molar-refractivity contribution in [2.45, 2.75) is 6.42 Å². The van der Waals surface area contributed by atoms with Crippen LogP contribution in [0, 0.1) is 0 Å². The van der Waals surface area contributed by atoms with Gasteiger partial charge in [0.25, 0.3) is 0 Å². The van der Waals surface area contributed by atoms with Crippen molar-refractivity contribution in [2.24, 2.45) is 0 Å². The van der Waals surface area contributed by atoms with Gasteiger partial charge in [-0.05, 0) is 24.3 Å². The van der Waals surface area contributed by atoms with Crippen molar-refractivity contribution >= 4 is 30.3 Å². The van der Waals surface area contributed by atoms with Gasteiger partial charge in [-0.1, -0.05) is 0 Å². The largest absolute Gasteiger partial charge is 0.297 e. The summed E-state index contributed by atoms with van der Waals surface area (Å²) in [7, 11) is 0. The van der Waals surface area contributed by atoms with Crippen molar-refractivity contribution in [1.82, 2.24) is 0 Å². The van der Waals surface area contributed by atoms with Gasteiger partial charge in [-0.25, -0.2) is 0 Å². The molecule has 1 aromatic heterocycles. The third-order valence-electron chi connectivity index (χ3n) is 1.16. The maximum Gasteiger partial charge on any atom is 0.160 e. The van der Waals surface area contributed by atoms with Gasteiger partial charge < -0.3 is 0 Å². The smallest absolute Gasteiger partial charge is 0.160 e. The summed E-state index contributed by atoms with van der Waals surface area (Å²) in [6.07, 6.45) is 1.84. The number of thiol groups is 1. The first-order valence-corrected chi connectivity index (χ1v) is 4.46. The Hall–Kier alpha value is -0.280. The summed E-state index contributed by atoms with van der Waals surface area (Å²) in [5.74, 6) is 0.846. The topological polar surface area (TPSA) is 17.1 Å². The SMILES string of the molecule is O=Cc1ccc(CCS)s1. The van der Waals surface area contributed by atoms with Crippen LogP contribution in [0.5, 0.6) is 0 Å². The maximum absolute atomic E-state index is 10.2. The van der Waals surface area contributed by atoms with Gasteiger partial charge >= 0.3 is 0 Å². The van der Waals surface area contributed by atoms with Crippen LogP contribution in [-0.2, 0) is 6.42 Å². The van der Waals surface area contributed by atoms with Crippen molar-refractivity contribution in [3.8, 4) is 0 Å². The molecule has 1 aromatic rings. The molecule has 1 nitrogen and oxygen atoms in total. The summed E-state index contributed by atoms with van der Waals surface area (Å²) in [5, 5.41) is 0. The van der Waals surface area contributed by atoms with Crippen LogP contribution >= 0.6 is 24.0 Å². The maximum atomic E-state index is 10.2. The van der Waals surface area contributed by atoms with Gasteiger partial charge in [0, 0.05) is 4.88 Å². The third kappa shape index (κ3) is 1.85. The van der Waals surface area contributed by atoms with Gasteiger partial charge in [0.1, 0.15) is 0 Å². The zero-order valence-corrected chi connectivity index (χ0v) is 7.12. The summed E-state index contributed by atoms with van der Waals surface area (Å²) in [5.41, 5.74) is 0. The van der Waals surface area contributed by atoms with Crippen LogP contribution in [0.4, 0.5) is 0 Å². The molecule has 0 amide bonds. The van der Waals surface area contributed by atoms with E-state index in [-0.39, 0.29) is 0 Å². The molecule has 0 unspecified atom stereocenters. The quantitative estimate of drug-likeness (QED) is 0.545. The first-order chi connectivity index (χ1) is 4.86. The second-order valence-corrected chi connectivity index (χ2v) is 3.54. The van der Waals surface area contributed by atoms with Crippen molar-refractivity contribution in [2.75, 3.05) is 5.75 Å². The molecule has 0 spiro atoms. The van der Waals surface area contributed by atoms with Crippen LogP contribution < -0.4 is 0 Å². The lowest BCUT2D eigenvalue weighted by Crippen LogP contribution is -1.77. The Morgan fingerprint density at radius 1 is 1.60 bits per heavy atom. The van der Waals surface area contributed by atoms with E-state index in [4.69, 9.17) is 0 Å². The standard InChI is InChI=1S/C7H8OS2/c8-5-7-2-1-6(10-7)3-4-9/h1-2,5,9H,3-4H2. The zero-order chi connectivity index (χ0) is 7.40. The van der Waals surface area contributed by atoms with E-state index < -0.39 is 0 Å². The van der Waals surface area contributed by atoms with Crippen molar-refractivity contribution < 1.29 is 4.79 Å². The second kappa shape index (κ2) is 3.78. The highest BCUT2D eigenvalue weighted by molar-refractivity contribution is 7.80. The normalized spacial score (nSPS) is 9.70.